The molecule has 17 heavy (non-hydrogen) atoms. The van der Waals surface area contributed by atoms with E-state index in [1.807, 2.05) is 24.3 Å². The molecule has 0 bridgehead atoms. The Bertz CT molecular complexity index is 363. The fourth-order valence-electron chi connectivity index (χ4n) is 1.76. The first kappa shape index (κ1) is 14.6. The van der Waals surface area contributed by atoms with Gasteiger partial charge in [-0.05, 0) is 37.4 Å². The van der Waals surface area contributed by atoms with Gasteiger partial charge in [-0.3, -0.25) is 0 Å². The first-order chi connectivity index (χ1) is 8.19. The summed E-state index contributed by atoms with van der Waals surface area (Å²) >= 11 is 12.2. The first-order valence-electron chi connectivity index (χ1n) is 5.96. The fraction of sp³-hybridized carbons (Fsp3) is 0.429. The van der Waals surface area contributed by atoms with Crippen LogP contribution in [0.15, 0.2) is 30.9 Å². The zero-order valence-corrected chi connectivity index (χ0v) is 11.7. The van der Waals surface area contributed by atoms with Crippen molar-refractivity contribution >= 4 is 23.2 Å². The third-order valence-corrected chi connectivity index (χ3v) is 3.49. The van der Waals surface area contributed by atoms with E-state index >= 15 is 0 Å². The molecule has 1 rings (SSSR count). The van der Waals surface area contributed by atoms with Crippen LogP contribution in [0, 0.1) is 0 Å². The average molecular weight is 272 g/mol. The number of nitrogens with one attached hydrogen (secondary N) is 1. The second-order valence-corrected chi connectivity index (χ2v) is 4.88. The Kier molecular flexibility index (Phi) is 6.64. The minimum absolute atomic E-state index is 0.378. The molecule has 1 unspecified atom stereocenters. The van der Waals surface area contributed by atoms with Gasteiger partial charge >= 0.3 is 0 Å². The maximum Gasteiger partial charge on any atom is 0.0624 e. The van der Waals surface area contributed by atoms with Crippen LogP contribution in [-0.4, -0.2) is 12.6 Å². The van der Waals surface area contributed by atoms with E-state index in [2.05, 4.69) is 18.8 Å². The Hall–Kier alpha value is -0.500. The highest BCUT2D eigenvalue weighted by atomic mass is 35.5. The molecule has 0 fully saturated rings. The summed E-state index contributed by atoms with van der Waals surface area (Å²) in [5.41, 5.74) is 1.09. The largest absolute Gasteiger partial charge is 0.313 e. The normalized spacial score (nSPS) is 12.4. The summed E-state index contributed by atoms with van der Waals surface area (Å²) in [6, 6.07) is 6.16. The summed E-state index contributed by atoms with van der Waals surface area (Å²) in [4.78, 5) is 0. The third-order valence-electron chi connectivity index (χ3n) is 2.63. The quantitative estimate of drug-likeness (QED) is 0.721. The second-order valence-electron chi connectivity index (χ2n) is 4.09. The Morgan fingerprint density at radius 3 is 2.82 bits per heavy atom. The molecule has 1 N–H and O–H groups in total. The summed E-state index contributed by atoms with van der Waals surface area (Å²) in [6.45, 7) is 6.96. The number of hydrogen-bond acceptors (Lipinski definition) is 1. The van der Waals surface area contributed by atoms with E-state index in [0.29, 0.717) is 16.1 Å². The van der Waals surface area contributed by atoms with Gasteiger partial charge in [0.05, 0.1) is 10.0 Å². The van der Waals surface area contributed by atoms with Crippen molar-refractivity contribution in [1.29, 1.82) is 0 Å². The molecule has 0 aliphatic heterocycles. The lowest BCUT2D eigenvalue weighted by molar-refractivity contribution is 0.512. The lowest BCUT2D eigenvalue weighted by atomic mass is 10.0. The van der Waals surface area contributed by atoms with Crippen LogP contribution in [-0.2, 0) is 6.42 Å². The van der Waals surface area contributed by atoms with E-state index in [-0.39, 0.29) is 0 Å². The highest BCUT2D eigenvalue weighted by molar-refractivity contribution is 6.42. The van der Waals surface area contributed by atoms with Crippen molar-refractivity contribution in [3.05, 3.63) is 46.5 Å². The third kappa shape index (κ3) is 4.71. The zero-order valence-electron chi connectivity index (χ0n) is 10.2. The molecule has 0 spiro atoms. The van der Waals surface area contributed by atoms with Crippen LogP contribution in [0.25, 0.3) is 0 Å². The molecular weight excluding hydrogens is 253 g/mol. The van der Waals surface area contributed by atoms with Crippen molar-refractivity contribution in [2.75, 3.05) is 6.54 Å². The zero-order chi connectivity index (χ0) is 12.7. The summed E-state index contributed by atoms with van der Waals surface area (Å²) in [5, 5.41) is 4.78. The van der Waals surface area contributed by atoms with Gasteiger partial charge in [-0.25, -0.2) is 0 Å². The van der Waals surface area contributed by atoms with E-state index in [9.17, 15) is 0 Å². The van der Waals surface area contributed by atoms with Crippen molar-refractivity contribution in [1.82, 2.24) is 5.32 Å². The molecule has 1 nitrogen and oxygen atoms in total. The van der Waals surface area contributed by atoms with E-state index in [1.54, 1.807) is 0 Å². The van der Waals surface area contributed by atoms with Crippen molar-refractivity contribution < 1.29 is 0 Å². The van der Waals surface area contributed by atoms with Crippen LogP contribution in [0.1, 0.15) is 25.3 Å². The van der Waals surface area contributed by atoms with Crippen molar-refractivity contribution in [2.24, 2.45) is 0 Å². The Balaban J connectivity index is 2.70. The molecular formula is C14H19Cl2N. The highest BCUT2D eigenvalue weighted by Crippen LogP contribution is 2.26. The van der Waals surface area contributed by atoms with Crippen LogP contribution < -0.4 is 5.32 Å². The molecule has 0 saturated heterocycles. The van der Waals surface area contributed by atoms with Gasteiger partial charge in [0, 0.05) is 6.04 Å². The molecule has 0 amide bonds. The van der Waals surface area contributed by atoms with Crippen LogP contribution >= 0.6 is 23.2 Å². The number of hydrogen-bond donors (Lipinski definition) is 1. The monoisotopic (exact) mass is 271 g/mol. The first-order valence-corrected chi connectivity index (χ1v) is 6.71. The lowest BCUT2D eigenvalue weighted by Gasteiger charge is -2.17. The Morgan fingerprint density at radius 1 is 1.41 bits per heavy atom. The van der Waals surface area contributed by atoms with Gasteiger partial charge < -0.3 is 5.32 Å². The van der Waals surface area contributed by atoms with E-state index < -0.39 is 0 Å². The molecule has 1 atom stereocenters. The summed E-state index contributed by atoms with van der Waals surface area (Å²) in [7, 11) is 0. The molecule has 0 radical (unpaired) electrons. The van der Waals surface area contributed by atoms with E-state index in [4.69, 9.17) is 23.2 Å². The van der Waals surface area contributed by atoms with Gasteiger partial charge in [-0.1, -0.05) is 48.3 Å². The molecule has 0 aliphatic carbocycles. The van der Waals surface area contributed by atoms with Crippen LogP contribution in [0.4, 0.5) is 0 Å². The molecule has 94 valence electrons. The van der Waals surface area contributed by atoms with E-state index in [1.165, 1.54) is 0 Å². The SMILES string of the molecule is C=CCC(Cc1cccc(Cl)c1Cl)NCCC. The van der Waals surface area contributed by atoms with Gasteiger partial charge in [0.15, 0.2) is 0 Å². The van der Waals surface area contributed by atoms with Gasteiger partial charge in [-0.2, -0.15) is 0 Å². The van der Waals surface area contributed by atoms with Gasteiger partial charge in [0.2, 0.25) is 0 Å². The minimum Gasteiger partial charge on any atom is -0.313 e. The summed E-state index contributed by atoms with van der Waals surface area (Å²) < 4.78 is 0. The number of rotatable bonds is 7. The lowest BCUT2D eigenvalue weighted by Crippen LogP contribution is -2.31. The molecule has 1 aromatic carbocycles. The van der Waals surface area contributed by atoms with Crippen molar-refractivity contribution in [3.8, 4) is 0 Å². The predicted molar refractivity (Wildman–Crippen MR) is 77.1 cm³/mol. The maximum atomic E-state index is 6.19. The molecule has 0 aliphatic rings. The van der Waals surface area contributed by atoms with Crippen LogP contribution in [0.3, 0.4) is 0 Å². The smallest absolute Gasteiger partial charge is 0.0624 e. The summed E-state index contributed by atoms with van der Waals surface area (Å²) in [5.74, 6) is 0. The second kappa shape index (κ2) is 7.75. The van der Waals surface area contributed by atoms with Gasteiger partial charge in [0.25, 0.3) is 0 Å². The van der Waals surface area contributed by atoms with E-state index in [0.717, 1.165) is 31.4 Å². The van der Waals surface area contributed by atoms with Crippen molar-refractivity contribution in [2.45, 2.75) is 32.2 Å². The van der Waals surface area contributed by atoms with Crippen LogP contribution in [0.2, 0.25) is 10.0 Å². The Labute approximate surface area is 114 Å². The Morgan fingerprint density at radius 2 is 2.18 bits per heavy atom. The number of benzene rings is 1. The highest BCUT2D eigenvalue weighted by Gasteiger charge is 2.11. The van der Waals surface area contributed by atoms with Crippen LogP contribution in [0.5, 0.6) is 0 Å². The van der Waals surface area contributed by atoms with Gasteiger partial charge in [0.1, 0.15) is 0 Å². The number of halogens is 2. The molecule has 1 aromatic rings. The molecule has 0 heterocycles. The molecule has 0 saturated carbocycles. The fourth-order valence-corrected chi connectivity index (χ4v) is 2.16. The predicted octanol–water partition coefficient (Wildman–Crippen LogP) is 4.48. The minimum atomic E-state index is 0.378. The standard InChI is InChI=1S/C14H19Cl2N/c1-3-6-12(17-9-4-2)10-11-7-5-8-13(15)14(11)16/h3,5,7-8,12,17H,1,4,6,9-10H2,2H3. The topological polar surface area (TPSA) is 12.0 Å². The van der Waals surface area contributed by atoms with Gasteiger partial charge in [-0.15, -0.1) is 6.58 Å². The maximum absolute atomic E-state index is 6.19. The molecule has 0 aromatic heterocycles. The van der Waals surface area contributed by atoms with Crippen molar-refractivity contribution in [3.63, 3.8) is 0 Å². The molecule has 3 heteroatoms. The average Bonchev–Trinajstić information content (AvgIpc) is 2.32. The summed E-state index contributed by atoms with van der Waals surface area (Å²) in [6.07, 6.45) is 4.87.